The summed E-state index contributed by atoms with van der Waals surface area (Å²) in [6.07, 6.45) is 1.11. The van der Waals surface area contributed by atoms with Crippen LogP contribution < -0.4 is 0 Å². The minimum atomic E-state index is 0.0888. The normalized spacial score (nSPS) is 12.1. The molecular formula is C64H62S. The molecule has 0 saturated carbocycles. The molecule has 0 radical (unpaired) electrons. The molecule has 9 aromatic carbocycles. The Morgan fingerprint density at radius 1 is 0.431 bits per heavy atom. The molecule has 0 unspecified atom stereocenters. The van der Waals surface area contributed by atoms with Crippen LogP contribution in [0.4, 0.5) is 0 Å². The summed E-state index contributed by atoms with van der Waals surface area (Å²) in [5.74, 6) is 0.513. The Morgan fingerprint density at radius 2 is 1.05 bits per heavy atom. The number of benzene rings is 9. The Kier molecular flexibility index (Phi) is 13.6. The van der Waals surface area contributed by atoms with E-state index in [4.69, 9.17) is 0 Å². The summed E-state index contributed by atoms with van der Waals surface area (Å²) >= 11 is 1.88. The number of thiophene rings is 1. The third-order valence-corrected chi connectivity index (χ3v) is 14.2. The lowest BCUT2D eigenvalue weighted by atomic mass is 9.81. The Hall–Kier alpha value is -6.54. The van der Waals surface area contributed by atoms with E-state index < -0.39 is 0 Å². The second-order valence-electron chi connectivity index (χ2n) is 18.4. The van der Waals surface area contributed by atoms with Crippen LogP contribution in [0.5, 0.6) is 0 Å². The molecule has 0 N–H and O–H groups in total. The van der Waals surface area contributed by atoms with Crippen molar-refractivity contribution in [1.82, 2.24) is 0 Å². The van der Waals surface area contributed by atoms with E-state index in [1.807, 2.05) is 29.5 Å². The zero-order valence-electron chi connectivity index (χ0n) is 39.7. The summed E-state index contributed by atoms with van der Waals surface area (Å²) in [7, 11) is 0. The molecule has 11 rings (SSSR count). The molecule has 0 atom stereocenters. The number of aryl methyl sites for hydroxylation is 5. The highest BCUT2D eigenvalue weighted by atomic mass is 32.1. The van der Waals surface area contributed by atoms with E-state index in [1.54, 1.807) is 0 Å². The Balaban J connectivity index is 0.000000125. The molecule has 0 fully saturated rings. The standard InChI is InChI=1S/C22H22.C21H20.C14H12S.C7H8/c1-16(2)19-13-7-8-14-21(19)22-17(3)10-9-15-20(22)18-11-5-4-6-12-18;1-13-9-10-17-18(11-13)21(3,4)19-12-14(2)15-7-5-6-8-16(15)20(17)19;1-2-10-7-8-14-12(9-10)11-5-3-4-6-13(11)15-14;1-7-5-3-2-4-6-7/h4-16H,1-3H3;5-12H,1-4H3;3-9H,2H2,1H3;2-6H,1H3. The van der Waals surface area contributed by atoms with Crippen molar-refractivity contribution in [3.63, 3.8) is 0 Å². The van der Waals surface area contributed by atoms with Crippen molar-refractivity contribution in [3.05, 3.63) is 239 Å². The summed E-state index contributed by atoms with van der Waals surface area (Å²) in [5, 5.41) is 5.58. The second kappa shape index (κ2) is 19.7. The van der Waals surface area contributed by atoms with Crippen LogP contribution in [0.1, 0.15) is 85.0 Å². The van der Waals surface area contributed by atoms with Gasteiger partial charge < -0.3 is 0 Å². The Bertz CT molecular complexity index is 3220. The van der Waals surface area contributed by atoms with Crippen LogP contribution >= 0.6 is 11.3 Å². The molecular weight excluding hydrogens is 801 g/mol. The number of rotatable bonds is 4. The first kappa shape index (κ1) is 45.0. The van der Waals surface area contributed by atoms with E-state index in [0.717, 1.165) is 6.42 Å². The Labute approximate surface area is 392 Å². The van der Waals surface area contributed by atoms with Gasteiger partial charge in [0.1, 0.15) is 0 Å². The topological polar surface area (TPSA) is 0 Å². The second-order valence-corrected chi connectivity index (χ2v) is 19.5. The van der Waals surface area contributed by atoms with Gasteiger partial charge in [-0.25, -0.2) is 0 Å². The maximum Gasteiger partial charge on any atom is 0.0355 e. The summed E-state index contributed by atoms with van der Waals surface area (Å²) in [6, 6.07) is 69.9. The van der Waals surface area contributed by atoms with Gasteiger partial charge in [-0.2, -0.15) is 0 Å². The maximum absolute atomic E-state index is 2.40. The van der Waals surface area contributed by atoms with Gasteiger partial charge in [0.15, 0.2) is 0 Å². The highest BCUT2D eigenvalue weighted by Crippen LogP contribution is 2.52. The number of fused-ring (bicyclic) bond motifs is 8. The van der Waals surface area contributed by atoms with Crippen molar-refractivity contribution in [1.29, 1.82) is 0 Å². The highest BCUT2D eigenvalue weighted by Gasteiger charge is 2.36. The van der Waals surface area contributed by atoms with Crippen LogP contribution in [0.25, 0.3) is 64.3 Å². The quantitative estimate of drug-likeness (QED) is 0.165. The summed E-state index contributed by atoms with van der Waals surface area (Å²) in [6.45, 7) is 20.1. The molecule has 65 heavy (non-hydrogen) atoms. The van der Waals surface area contributed by atoms with Gasteiger partial charge in [-0.3, -0.25) is 0 Å². The zero-order valence-corrected chi connectivity index (χ0v) is 40.5. The van der Waals surface area contributed by atoms with Crippen molar-refractivity contribution in [2.24, 2.45) is 0 Å². The van der Waals surface area contributed by atoms with Crippen molar-refractivity contribution < 1.29 is 0 Å². The van der Waals surface area contributed by atoms with Gasteiger partial charge >= 0.3 is 0 Å². The first-order valence-electron chi connectivity index (χ1n) is 23.3. The largest absolute Gasteiger partial charge is 0.135 e. The average Bonchev–Trinajstić information content (AvgIpc) is 3.81. The number of hydrogen-bond donors (Lipinski definition) is 0. The van der Waals surface area contributed by atoms with Crippen LogP contribution in [0.2, 0.25) is 0 Å². The third kappa shape index (κ3) is 9.49. The maximum atomic E-state index is 2.40. The summed E-state index contributed by atoms with van der Waals surface area (Å²) in [5.41, 5.74) is 19.4. The monoisotopic (exact) mass is 862 g/mol. The molecule has 10 aromatic rings. The molecule has 324 valence electrons. The van der Waals surface area contributed by atoms with Crippen LogP contribution in [0.15, 0.2) is 194 Å². The molecule has 0 saturated heterocycles. The molecule has 0 amide bonds. The molecule has 1 heteroatoms. The van der Waals surface area contributed by atoms with Crippen molar-refractivity contribution in [3.8, 4) is 33.4 Å². The molecule has 1 aliphatic rings. The van der Waals surface area contributed by atoms with Crippen molar-refractivity contribution in [2.45, 2.75) is 80.1 Å². The lowest BCUT2D eigenvalue weighted by Crippen LogP contribution is -2.15. The third-order valence-electron chi connectivity index (χ3n) is 13.0. The lowest BCUT2D eigenvalue weighted by Gasteiger charge is -2.22. The smallest absolute Gasteiger partial charge is 0.0355 e. The van der Waals surface area contributed by atoms with Crippen molar-refractivity contribution in [2.75, 3.05) is 0 Å². The predicted octanol–water partition coefficient (Wildman–Crippen LogP) is 18.8. The molecule has 0 bridgehead atoms. The highest BCUT2D eigenvalue weighted by molar-refractivity contribution is 7.25. The average molecular weight is 863 g/mol. The van der Waals surface area contributed by atoms with Gasteiger partial charge in [0.05, 0.1) is 0 Å². The molecule has 0 spiro atoms. The van der Waals surface area contributed by atoms with E-state index in [2.05, 4.69) is 238 Å². The van der Waals surface area contributed by atoms with Crippen LogP contribution in [-0.4, -0.2) is 0 Å². The van der Waals surface area contributed by atoms with E-state index in [9.17, 15) is 0 Å². The zero-order chi connectivity index (χ0) is 45.7. The van der Waals surface area contributed by atoms with Gasteiger partial charge in [0.2, 0.25) is 0 Å². The van der Waals surface area contributed by atoms with E-state index in [0.29, 0.717) is 5.92 Å². The minimum absolute atomic E-state index is 0.0888. The first-order chi connectivity index (χ1) is 31.5. The van der Waals surface area contributed by atoms with Crippen molar-refractivity contribution >= 4 is 42.3 Å². The number of hydrogen-bond acceptors (Lipinski definition) is 1. The van der Waals surface area contributed by atoms with Gasteiger partial charge in [-0.15, -0.1) is 11.3 Å². The fourth-order valence-corrected chi connectivity index (χ4v) is 10.6. The van der Waals surface area contributed by atoms with Gasteiger partial charge in [-0.1, -0.05) is 222 Å². The van der Waals surface area contributed by atoms with E-state index in [-0.39, 0.29) is 5.41 Å². The molecule has 0 nitrogen and oxygen atoms in total. The van der Waals surface area contributed by atoms with Gasteiger partial charge in [-0.05, 0) is 136 Å². The SMILES string of the molecule is CCc1ccc2sc3ccccc3c2c1.Cc1ccc2c(c1)C(C)(C)c1cc(C)c3ccccc3c1-2.Cc1cccc(-c2ccccc2)c1-c1ccccc1C(C)C.Cc1ccccc1. The van der Waals surface area contributed by atoms with Gasteiger partial charge in [0.25, 0.3) is 0 Å². The van der Waals surface area contributed by atoms with Crippen LogP contribution in [0.3, 0.4) is 0 Å². The molecule has 0 aliphatic heterocycles. The Morgan fingerprint density at radius 3 is 1.74 bits per heavy atom. The fraction of sp³-hybridized carbons (Fsp3) is 0.188. The summed E-state index contributed by atoms with van der Waals surface area (Å²) in [4.78, 5) is 0. The molecule has 1 aromatic heterocycles. The van der Waals surface area contributed by atoms with Crippen LogP contribution in [-0.2, 0) is 11.8 Å². The van der Waals surface area contributed by atoms with Crippen LogP contribution in [0, 0.1) is 27.7 Å². The predicted molar refractivity (Wildman–Crippen MR) is 287 cm³/mol. The van der Waals surface area contributed by atoms with E-state index in [1.165, 1.54) is 109 Å². The summed E-state index contributed by atoms with van der Waals surface area (Å²) < 4.78 is 2.79. The first-order valence-corrected chi connectivity index (χ1v) is 24.1. The molecule has 1 heterocycles. The lowest BCUT2D eigenvalue weighted by molar-refractivity contribution is 0.659. The molecule has 1 aliphatic carbocycles. The van der Waals surface area contributed by atoms with E-state index >= 15 is 0 Å². The minimum Gasteiger partial charge on any atom is -0.135 e. The fourth-order valence-electron chi connectivity index (χ4n) is 9.52. The van der Waals surface area contributed by atoms with Gasteiger partial charge in [0, 0.05) is 25.6 Å².